The highest BCUT2D eigenvalue weighted by atomic mass is 16.3. The Morgan fingerprint density at radius 3 is 2.38 bits per heavy atom. The van der Waals surface area contributed by atoms with Crippen LogP contribution in [0, 0.1) is 5.41 Å². The van der Waals surface area contributed by atoms with E-state index in [0.29, 0.717) is 0 Å². The Balaban J connectivity index is 1.94. The molecule has 1 atom stereocenters. The molecule has 1 saturated heterocycles. The molecule has 2 rings (SSSR count). The molecule has 0 bridgehead atoms. The summed E-state index contributed by atoms with van der Waals surface area (Å²) in [6.45, 7) is 6.55. The maximum atomic E-state index is 9.80. The van der Waals surface area contributed by atoms with Crippen LogP contribution in [0.4, 0.5) is 0 Å². The van der Waals surface area contributed by atoms with Gasteiger partial charge in [0.25, 0.3) is 0 Å². The van der Waals surface area contributed by atoms with Gasteiger partial charge in [0, 0.05) is 24.5 Å². The summed E-state index contributed by atoms with van der Waals surface area (Å²) in [5.41, 5.74) is 0.105. The highest BCUT2D eigenvalue weighted by molar-refractivity contribution is 4.91. The van der Waals surface area contributed by atoms with Gasteiger partial charge in [-0.1, -0.05) is 20.3 Å². The van der Waals surface area contributed by atoms with E-state index in [9.17, 15) is 5.11 Å². The lowest BCUT2D eigenvalue weighted by Crippen LogP contribution is -2.53. The summed E-state index contributed by atoms with van der Waals surface area (Å²) in [6.07, 6.45) is 5.04. The monoisotopic (exact) mass is 183 g/mol. The lowest BCUT2D eigenvalue weighted by Gasteiger charge is -2.47. The lowest BCUT2D eigenvalue weighted by atomic mass is 9.79. The van der Waals surface area contributed by atoms with Crippen molar-refractivity contribution >= 4 is 0 Å². The molecular weight excluding hydrogens is 162 g/mol. The fourth-order valence-electron chi connectivity index (χ4n) is 2.45. The van der Waals surface area contributed by atoms with Crippen LogP contribution in [0.3, 0.4) is 0 Å². The molecule has 2 heteroatoms. The second-order valence-corrected chi connectivity index (χ2v) is 5.35. The molecule has 0 aromatic carbocycles. The van der Waals surface area contributed by atoms with E-state index in [1.165, 1.54) is 19.3 Å². The Bertz CT molecular complexity index is 187. The average Bonchev–Trinajstić information content (AvgIpc) is 1.92. The standard InChI is InChI=1S/C11H21NO/c1-11(2)8-12(7-6-10(11)13)9-4-3-5-9/h9-10,13H,3-8H2,1-2H3. The molecule has 1 aliphatic heterocycles. The average molecular weight is 183 g/mol. The zero-order valence-corrected chi connectivity index (χ0v) is 8.79. The van der Waals surface area contributed by atoms with Crippen LogP contribution >= 0.6 is 0 Å². The maximum absolute atomic E-state index is 9.80. The molecule has 0 amide bonds. The highest BCUT2D eigenvalue weighted by Gasteiger charge is 2.38. The highest BCUT2D eigenvalue weighted by Crippen LogP contribution is 2.34. The summed E-state index contributed by atoms with van der Waals surface area (Å²) in [6, 6.07) is 0.840. The van der Waals surface area contributed by atoms with E-state index in [0.717, 1.165) is 25.6 Å². The lowest BCUT2D eigenvalue weighted by molar-refractivity contribution is -0.0492. The number of aliphatic hydroxyl groups excluding tert-OH is 1. The number of likely N-dealkylation sites (tertiary alicyclic amines) is 1. The van der Waals surface area contributed by atoms with E-state index >= 15 is 0 Å². The van der Waals surface area contributed by atoms with Crippen LogP contribution in [-0.4, -0.2) is 35.2 Å². The van der Waals surface area contributed by atoms with Crippen LogP contribution in [-0.2, 0) is 0 Å². The van der Waals surface area contributed by atoms with Gasteiger partial charge in [-0.15, -0.1) is 0 Å². The SMILES string of the molecule is CC1(C)CN(C2CCC2)CCC1O. The normalized spacial score (nSPS) is 35.8. The quantitative estimate of drug-likeness (QED) is 0.668. The van der Waals surface area contributed by atoms with E-state index in [2.05, 4.69) is 18.7 Å². The summed E-state index contributed by atoms with van der Waals surface area (Å²) in [5, 5.41) is 9.80. The Labute approximate surface area is 80.9 Å². The van der Waals surface area contributed by atoms with Crippen molar-refractivity contribution in [1.82, 2.24) is 4.90 Å². The van der Waals surface area contributed by atoms with Crippen molar-refractivity contribution in [3.63, 3.8) is 0 Å². The second-order valence-electron chi connectivity index (χ2n) is 5.35. The summed E-state index contributed by atoms with van der Waals surface area (Å²) in [7, 11) is 0. The zero-order chi connectivity index (χ0) is 9.47. The molecule has 13 heavy (non-hydrogen) atoms. The van der Waals surface area contributed by atoms with Gasteiger partial charge in [-0.05, 0) is 19.3 Å². The molecule has 0 spiro atoms. The fraction of sp³-hybridized carbons (Fsp3) is 1.00. The largest absolute Gasteiger partial charge is 0.392 e. The first-order chi connectivity index (χ1) is 6.09. The summed E-state index contributed by atoms with van der Waals surface area (Å²) >= 11 is 0. The van der Waals surface area contributed by atoms with Gasteiger partial charge in [0.1, 0.15) is 0 Å². The molecule has 2 nitrogen and oxygen atoms in total. The zero-order valence-electron chi connectivity index (χ0n) is 8.79. The van der Waals surface area contributed by atoms with Crippen LogP contribution in [0.2, 0.25) is 0 Å². The van der Waals surface area contributed by atoms with Crippen LogP contribution in [0.15, 0.2) is 0 Å². The van der Waals surface area contributed by atoms with E-state index < -0.39 is 0 Å². The molecule has 2 aliphatic rings. The number of aliphatic hydroxyl groups is 1. The minimum atomic E-state index is -0.0937. The third kappa shape index (κ3) is 1.75. The smallest absolute Gasteiger partial charge is 0.0615 e. The van der Waals surface area contributed by atoms with Gasteiger partial charge in [0.2, 0.25) is 0 Å². The van der Waals surface area contributed by atoms with Gasteiger partial charge in [0.15, 0.2) is 0 Å². The number of nitrogens with zero attached hydrogens (tertiary/aromatic N) is 1. The first kappa shape index (κ1) is 9.47. The summed E-state index contributed by atoms with van der Waals surface area (Å²) in [5.74, 6) is 0. The van der Waals surface area contributed by atoms with Crippen molar-refractivity contribution in [2.24, 2.45) is 5.41 Å². The molecule has 1 N–H and O–H groups in total. The first-order valence-corrected chi connectivity index (χ1v) is 5.52. The fourth-order valence-corrected chi connectivity index (χ4v) is 2.45. The summed E-state index contributed by atoms with van der Waals surface area (Å²) < 4.78 is 0. The molecule has 2 fully saturated rings. The first-order valence-electron chi connectivity index (χ1n) is 5.52. The Morgan fingerprint density at radius 2 is 1.92 bits per heavy atom. The van der Waals surface area contributed by atoms with E-state index in [4.69, 9.17) is 0 Å². The minimum absolute atomic E-state index is 0.0937. The Kier molecular flexibility index (Phi) is 2.37. The van der Waals surface area contributed by atoms with Gasteiger partial charge in [-0.3, -0.25) is 4.90 Å². The molecule has 1 unspecified atom stereocenters. The topological polar surface area (TPSA) is 23.5 Å². The minimum Gasteiger partial charge on any atom is -0.392 e. The van der Waals surface area contributed by atoms with Crippen LogP contribution in [0.25, 0.3) is 0 Å². The Morgan fingerprint density at radius 1 is 1.23 bits per heavy atom. The third-order valence-corrected chi connectivity index (χ3v) is 3.79. The van der Waals surface area contributed by atoms with Crippen molar-refractivity contribution in [3.05, 3.63) is 0 Å². The van der Waals surface area contributed by atoms with Gasteiger partial charge in [-0.2, -0.15) is 0 Å². The van der Waals surface area contributed by atoms with E-state index in [1.807, 2.05) is 0 Å². The number of hydrogen-bond acceptors (Lipinski definition) is 2. The molecule has 1 heterocycles. The number of hydrogen-bond donors (Lipinski definition) is 1. The van der Waals surface area contributed by atoms with Crippen LogP contribution in [0.5, 0.6) is 0 Å². The molecular formula is C11H21NO. The molecule has 0 radical (unpaired) electrons. The van der Waals surface area contributed by atoms with Crippen molar-refractivity contribution in [1.29, 1.82) is 0 Å². The van der Waals surface area contributed by atoms with Gasteiger partial charge in [-0.25, -0.2) is 0 Å². The predicted octanol–water partition coefficient (Wildman–Crippen LogP) is 1.63. The number of piperidine rings is 1. The Hall–Kier alpha value is -0.0800. The molecule has 1 saturated carbocycles. The third-order valence-electron chi connectivity index (χ3n) is 3.79. The molecule has 0 aromatic heterocycles. The molecule has 0 aromatic rings. The van der Waals surface area contributed by atoms with Gasteiger partial charge < -0.3 is 5.11 Å². The summed E-state index contributed by atoms with van der Waals surface area (Å²) in [4.78, 5) is 2.58. The van der Waals surface area contributed by atoms with Gasteiger partial charge >= 0.3 is 0 Å². The van der Waals surface area contributed by atoms with E-state index in [-0.39, 0.29) is 11.5 Å². The number of rotatable bonds is 1. The van der Waals surface area contributed by atoms with Crippen molar-refractivity contribution in [2.75, 3.05) is 13.1 Å². The van der Waals surface area contributed by atoms with Crippen molar-refractivity contribution in [3.8, 4) is 0 Å². The predicted molar refractivity (Wildman–Crippen MR) is 53.6 cm³/mol. The molecule has 1 aliphatic carbocycles. The molecule has 76 valence electrons. The second kappa shape index (κ2) is 3.25. The van der Waals surface area contributed by atoms with Gasteiger partial charge in [0.05, 0.1) is 6.10 Å². The van der Waals surface area contributed by atoms with Crippen LogP contribution in [0.1, 0.15) is 39.5 Å². The van der Waals surface area contributed by atoms with Crippen LogP contribution < -0.4 is 0 Å². The van der Waals surface area contributed by atoms with Crippen molar-refractivity contribution in [2.45, 2.75) is 51.7 Å². The van der Waals surface area contributed by atoms with E-state index in [1.54, 1.807) is 0 Å². The van der Waals surface area contributed by atoms with Crippen molar-refractivity contribution < 1.29 is 5.11 Å². The maximum Gasteiger partial charge on any atom is 0.0615 e.